The monoisotopic (exact) mass is 254 g/mol. The molecule has 0 aliphatic heterocycles. The third-order valence-electron chi connectivity index (χ3n) is 2.09. The van der Waals surface area contributed by atoms with Gasteiger partial charge in [-0.1, -0.05) is 6.92 Å². The summed E-state index contributed by atoms with van der Waals surface area (Å²) >= 11 is 0. The van der Waals surface area contributed by atoms with E-state index in [0.717, 1.165) is 0 Å². The van der Waals surface area contributed by atoms with Crippen molar-refractivity contribution in [3.63, 3.8) is 0 Å². The lowest BCUT2D eigenvalue weighted by atomic mass is 10.0. The third-order valence-corrected chi connectivity index (χ3v) is 2.09. The second-order valence-electron chi connectivity index (χ2n) is 3.39. The number of ether oxygens (including phenoxy) is 1. The van der Waals surface area contributed by atoms with Gasteiger partial charge < -0.3 is 9.84 Å². The maximum atomic E-state index is 12.1. The highest BCUT2D eigenvalue weighted by Crippen LogP contribution is 2.43. The molecule has 0 bridgehead atoms. The Morgan fingerprint density at radius 3 is 1.69 bits per heavy atom. The van der Waals surface area contributed by atoms with Crippen molar-refractivity contribution in [2.24, 2.45) is 0 Å². The number of hydrogen-bond donors (Lipinski definition) is 1. The zero-order valence-corrected chi connectivity index (χ0v) is 8.61. The Labute approximate surface area is 88.2 Å². The molecule has 0 spiro atoms. The SMILES string of the molecule is CCC(C)OCC(O)(C(F)(F)F)C(F)(F)F. The van der Waals surface area contributed by atoms with Crippen LogP contribution in [0.2, 0.25) is 0 Å². The van der Waals surface area contributed by atoms with E-state index in [1.54, 1.807) is 0 Å². The Kier molecular flexibility index (Phi) is 4.64. The van der Waals surface area contributed by atoms with Crippen molar-refractivity contribution in [1.29, 1.82) is 0 Å². The summed E-state index contributed by atoms with van der Waals surface area (Å²) in [6.07, 6.45) is -12.2. The Morgan fingerprint density at radius 2 is 1.44 bits per heavy atom. The quantitative estimate of drug-likeness (QED) is 0.781. The first-order valence-corrected chi connectivity index (χ1v) is 4.43. The molecule has 8 heteroatoms. The summed E-state index contributed by atoms with van der Waals surface area (Å²) in [6.45, 7) is 0.993. The van der Waals surface area contributed by atoms with Gasteiger partial charge >= 0.3 is 12.4 Å². The Morgan fingerprint density at radius 1 is 1.06 bits per heavy atom. The van der Waals surface area contributed by atoms with Crippen LogP contribution in [0.5, 0.6) is 0 Å². The largest absolute Gasteiger partial charge is 0.428 e. The molecule has 16 heavy (non-hydrogen) atoms. The third kappa shape index (κ3) is 3.24. The molecule has 0 saturated heterocycles. The van der Waals surface area contributed by atoms with Crippen molar-refractivity contribution in [2.45, 2.75) is 44.3 Å². The van der Waals surface area contributed by atoms with Gasteiger partial charge in [-0.2, -0.15) is 26.3 Å². The Hall–Kier alpha value is -0.500. The average molecular weight is 254 g/mol. The highest BCUT2D eigenvalue weighted by atomic mass is 19.4. The second kappa shape index (κ2) is 4.79. The van der Waals surface area contributed by atoms with Crippen LogP contribution in [0.4, 0.5) is 26.3 Å². The lowest BCUT2D eigenvalue weighted by molar-refractivity contribution is -0.379. The van der Waals surface area contributed by atoms with Crippen LogP contribution in [-0.2, 0) is 4.74 Å². The highest BCUT2D eigenvalue weighted by molar-refractivity contribution is 4.94. The lowest BCUT2D eigenvalue weighted by Crippen LogP contribution is -2.60. The summed E-state index contributed by atoms with van der Waals surface area (Å²) in [5, 5.41) is 8.65. The van der Waals surface area contributed by atoms with Crippen LogP contribution in [0, 0.1) is 0 Å². The van der Waals surface area contributed by atoms with E-state index < -0.39 is 30.7 Å². The molecular weight excluding hydrogens is 242 g/mol. The molecule has 98 valence electrons. The van der Waals surface area contributed by atoms with Gasteiger partial charge in [-0.05, 0) is 13.3 Å². The molecule has 0 heterocycles. The van der Waals surface area contributed by atoms with Crippen LogP contribution < -0.4 is 0 Å². The van der Waals surface area contributed by atoms with Crippen molar-refractivity contribution in [3.05, 3.63) is 0 Å². The first-order chi connectivity index (χ1) is 6.95. The predicted octanol–water partition coefficient (Wildman–Crippen LogP) is 2.66. The van der Waals surface area contributed by atoms with Gasteiger partial charge in [-0.15, -0.1) is 0 Å². The predicted molar refractivity (Wildman–Crippen MR) is 42.8 cm³/mol. The number of halogens is 6. The molecule has 2 nitrogen and oxygen atoms in total. The number of hydrogen-bond acceptors (Lipinski definition) is 2. The van der Waals surface area contributed by atoms with Crippen LogP contribution in [0.3, 0.4) is 0 Å². The summed E-state index contributed by atoms with van der Waals surface area (Å²) in [5.74, 6) is 0. The molecule has 0 amide bonds. The molecule has 1 atom stereocenters. The molecule has 0 aliphatic rings. The fourth-order valence-corrected chi connectivity index (χ4v) is 0.705. The van der Waals surface area contributed by atoms with E-state index in [4.69, 9.17) is 5.11 Å². The standard InChI is InChI=1S/C8H12F6O2/c1-3-5(2)16-4-6(15,7(9,10)11)8(12,13)14/h5,15H,3-4H2,1-2H3. The smallest absolute Gasteiger partial charge is 0.375 e. The summed E-state index contributed by atoms with van der Waals surface area (Å²) in [4.78, 5) is 0. The molecule has 0 aromatic heterocycles. The molecule has 0 rings (SSSR count). The van der Waals surface area contributed by atoms with E-state index in [9.17, 15) is 26.3 Å². The van der Waals surface area contributed by atoms with E-state index in [2.05, 4.69) is 4.74 Å². The van der Waals surface area contributed by atoms with Crippen molar-refractivity contribution < 1.29 is 36.2 Å². The van der Waals surface area contributed by atoms with E-state index >= 15 is 0 Å². The van der Waals surface area contributed by atoms with E-state index in [1.165, 1.54) is 13.8 Å². The molecule has 1 N–H and O–H groups in total. The van der Waals surface area contributed by atoms with E-state index in [0.29, 0.717) is 0 Å². The van der Waals surface area contributed by atoms with Gasteiger partial charge in [0.1, 0.15) is 0 Å². The van der Waals surface area contributed by atoms with Crippen LogP contribution in [0.15, 0.2) is 0 Å². The Balaban J connectivity index is 4.85. The van der Waals surface area contributed by atoms with Crippen LogP contribution >= 0.6 is 0 Å². The molecular formula is C8H12F6O2. The molecule has 1 unspecified atom stereocenters. The number of alkyl halides is 6. The van der Waals surface area contributed by atoms with Gasteiger partial charge in [0, 0.05) is 0 Å². The second-order valence-corrected chi connectivity index (χ2v) is 3.39. The van der Waals surface area contributed by atoms with Gasteiger partial charge in [0.15, 0.2) is 0 Å². The van der Waals surface area contributed by atoms with Crippen LogP contribution in [0.25, 0.3) is 0 Å². The average Bonchev–Trinajstić information content (AvgIpc) is 2.09. The minimum Gasteiger partial charge on any atom is -0.375 e. The van der Waals surface area contributed by atoms with Crippen molar-refractivity contribution in [2.75, 3.05) is 6.61 Å². The maximum Gasteiger partial charge on any atom is 0.428 e. The highest BCUT2D eigenvalue weighted by Gasteiger charge is 2.70. The molecule has 0 aromatic carbocycles. The Bertz CT molecular complexity index is 208. The molecule has 0 fully saturated rings. The normalized spacial score (nSPS) is 16.3. The molecule has 0 saturated carbocycles. The zero-order valence-electron chi connectivity index (χ0n) is 8.61. The first-order valence-electron chi connectivity index (χ1n) is 4.43. The van der Waals surface area contributed by atoms with Gasteiger partial charge in [-0.3, -0.25) is 0 Å². The van der Waals surface area contributed by atoms with Gasteiger partial charge in [0.05, 0.1) is 12.7 Å². The number of aliphatic hydroxyl groups is 1. The van der Waals surface area contributed by atoms with Gasteiger partial charge in [0.2, 0.25) is 0 Å². The fourth-order valence-electron chi connectivity index (χ4n) is 0.705. The van der Waals surface area contributed by atoms with E-state index in [1.807, 2.05) is 0 Å². The fraction of sp³-hybridized carbons (Fsp3) is 1.00. The van der Waals surface area contributed by atoms with Crippen LogP contribution in [-0.4, -0.2) is 35.8 Å². The minimum atomic E-state index is -5.82. The molecule has 0 aromatic rings. The lowest BCUT2D eigenvalue weighted by Gasteiger charge is -2.32. The van der Waals surface area contributed by atoms with E-state index in [-0.39, 0.29) is 6.42 Å². The summed E-state index contributed by atoms with van der Waals surface area (Å²) in [6, 6.07) is 0. The summed E-state index contributed by atoms with van der Waals surface area (Å²) in [5.41, 5.74) is -4.82. The van der Waals surface area contributed by atoms with Gasteiger partial charge in [0.25, 0.3) is 5.60 Å². The minimum absolute atomic E-state index is 0.242. The molecule has 0 radical (unpaired) electrons. The van der Waals surface area contributed by atoms with Crippen molar-refractivity contribution in [3.8, 4) is 0 Å². The topological polar surface area (TPSA) is 29.5 Å². The maximum absolute atomic E-state index is 12.1. The zero-order chi connectivity index (χ0) is 13.2. The van der Waals surface area contributed by atoms with Crippen molar-refractivity contribution >= 4 is 0 Å². The van der Waals surface area contributed by atoms with Gasteiger partial charge in [-0.25, -0.2) is 0 Å². The first kappa shape index (κ1) is 15.5. The van der Waals surface area contributed by atoms with Crippen LogP contribution in [0.1, 0.15) is 20.3 Å². The number of rotatable bonds is 4. The van der Waals surface area contributed by atoms with Crippen molar-refractivity contribution in [1.82, 2.24) is 0 Å². The molecule has 0 aliphatic carbocycles. The summed E-state index contributed by atoms with van der Waals surface area (Å²) < 4.78 is 76.9. The summed E-state index contributed by atoms with van der Waals surface area (Å²) in [7, 11) is 0.